The van der Waals surface area contributed by atoms with Crippen LogP contribution >= 0.6 is 0 Å². The lowest BCUT2D eigenvalue weighted by Gasteiger charge is -2.37. The number of ether oxygens (including phenoxy) is 2. The maximum atomic E-state index is 14.6. The Labute approximate surface area is 187 Å². The van der Waals surface area contributed by atoms with Crippen LogP contribution in [0.5, 0.6) is 11.5 Å². The molecule has 1 unspecified atom stereocenters. The number of rotatable bonds is 7. The summed E-state index contributed by atoms with van der Waals surface area (Å²) >= 11 is 0. The number of fused-ring (bicyclic) bond motifs is 1. The highest BCUT2D eigenvalue weighted by Gasteiger charge is 2.34. The molecule has 2 saturated carbocycles. The monoisotopic (exact) mass is 434 g/mol. The Morgan fingerprint density at radius 3 is 2.06 bits per heavy atom. The molecule has 0 saturated heterocycles. The molecule has 3 aliphatic rings. The van der Waals surface area contributed by atoms with Crippen molar-refractivity contribution in [2.75, 3.05) is 6.61 Å². The van der Waals surface area contributed by atoms with Gasteiger partial charge >= 0.3 is 0 Å². The van der Waals surface area contributed by atoms with Crippen molar-refractivity contribution in [1.82, 2.24) is 0 Å². The predicted octanol–water partition coefficient (Wildman–Crippen LogP) is 7.86. The molecule has 0 amide bonds. The zero-order valence-corrected chi connectivity index (χ0v) is 19.4. The molecule has 1 atom stereocenters. The molecule has 1 heterocycles. The van der Waals surface area contributed by atoms with E-state index < -0.39 is 11.6 Å². The summed E-state index contributed by atoms with van der Waals surface area (Å²) in [6.45, 7) is 4.43. The Kier molecular flexibility index (Phi) is 7.77. The maximum Gasteiger partial charge on any atom is 0.204 e. The number of benzene rings is 1. The first-order valence-electron chi connectivity index (χ1n) is 12.9. The Balaban J connectivity index is 1.25. The first kappa shape index (κ1) is 22.9. The minimum atomic E-state index is -0.919. The molecule has 0 bridgehead atoms. The van der Waals surface area contributed by atoms with Gasteiger partial charge in [0.1, 0.15) is 6.10 Å². The van der Waals surface area contributed by atoms with Crippen LogP contribution in [0.25, 0.3) is 0 Å². The summed E-state index contributed by atoms with van der Waals surface area (Å²) in [5.41, 5.74) is 0.741. The molecule has 2 nitrogen and oxygen atoms in total. The van der Waals surface area contributed by atoms with Crippen LogP contribution in [-0.2, 0) is 6.42 Å². The van der Waals surface area contributed by atoms with Crippen LogP contribution in [0.1, 0.15) is 96.5 Å². The van der Waals surface area contributed by atoms with Gasteiger partial charge in [-0.25, -0.2) is 0 Å². The molecule has 4 heteroatoms. The third kappa shape index (κ3) is 5.37. The van der Waals surface area contributed by atoms with Crippen molar-refractivity contribution in [3.05, 3.63) is 23.3 Å². The van der Waals surface area contributed by atoms with Crippen LogP contribution in [0, 0.1) is 35.3 Å². The van der Waals surface area contributed by atoms with Crippen LogP contribution < -0.4 is 9.47 Å². The van der Waals surface area contributed by atoms with Gasteiger partial charge in [-0.2, -0.15) is 8.78 Å². The van der Waals surface area contributed by atoms with Crippen LogP contribution in [-0.4, -0.2) is 12.7 Å². The van der Waals surface area contributed by atoms with Gasteiger partial charge in [0.05, 0.1) is 6.61 Å². The summed E-state index contributed by atoms with van der Waals surface area (Å²) in [6.07, 6.45) is 16.4. The van der Waals surface area contributed by atoms with Crippen LogP contribution in [0.4, 0.5) is 8.78 Å². The van der Waals surface area contributed by atoms with E-state index in [-0.39, 0.29) is 17.6 Å². The molecule has 31 heavy (non-hydrogen) atoms. The van der Waals surface area contributed by atoms with E-state index in [1.807, 2.05) is 0 Å². The fraction of sp³-hybridized carbons (Fsp3) is 0.778. The standard InChI is InChI=1S/C27H40F2O2/c1-3-18-5-7-19(8-6-18)9-10-20-11-13-21(14-12-20)23-16-15-22-17-24(30-4-2)25(28)26(29)27(22)31-23/h17-21,23H,3-16H2,1-2H3. The maximum absolute atomic E-state index is 14.6. The van der Waals surface area contributed by atoms with Crippen molar-refractivity contribution in [3.8, 4) is 11.5 Å². The summed E-state index contributed by atoms with van der Waals surface area (Å²) in [4.78, 5) is 0. The highest BCUT2D eigenvalue weighted by atomic mass is 19.2. The lowest BCUT2D eigenvalue weighted by molar-refractivity contribution is 0.0694. The summed E-state index contributed by atoms with van der Waals surface area (Å²) in [5.74, 6) is 1.59. The fourth-order valence-electron chi connectivity index (χ4n) is 6.30. The number of hydrogen-bond donors (Lipinski definition) is 0. The van der Waals surface area contributed by atoms with Gasteiger partial charge in [0, 0.05) is 5.56 Å². The van der Waals surface area contributed by atoms with Gasteiger partial charge in [-0.15, -0.1) is 0 Å². The Morgan fingerprint density at radius 2 is 1.45 bits per heavy atom. The molecule has 1 aromatic rings. The third-order valence-electron chi connectivity index (χ3n) is 8.42. The van der Waals surface area contributed by atoms with Crippen molar-refractivity contribution in [2.24, 2.45) is 23.7 Å². The minimum Gasteiger partial charge on any atom is -0.491 e. The Hall–Kier alpha value is -1.32. The van der Waals surface area contributed by atoms with E-state index in [1.165, 1.54) is 57.8 Å². The quantitative estimate of drug-likeness (QED) is 0.435. The number of halogens is 2. The first-order chi connectivity index (χ1) is 15.1. The first-order valence-corrected chi connectivity index (χ1v) is 12.9. The van der Waals surface area contributed by atoms with Crippen LogP contribution in [0.3, 0.4) is 0 Å². The molecule has 1 aromatic carbocycles. The average molecular weight is 435 g/mol. The van der Waals surface area contributed by atoms with Crippen molar-refractivity contribution in [1.29, 1.82) is 0 Å². The SMILES string of the molecule is CCOc1cc2c(c(F)c1F)OC(C1CCC(CCC3CCC(CC)CC3)CC1)CC2. The Bertz CT molecular complexity index is 718. The lowest BCUT2D eigenvalue weighted by atomic mass is 9.73. The summed E-state index contributed by atoms with van der Waals surface area (Å²) in [5, 5.41) is 0. The summed E-state index contributed by atoms with van der Waals surface area (Å²) in [6, 6.07) is 1.62. The predicted molar refractivity (Wildman–Crippen MR) is 121 cm³/mol. The topological polar surface area (TPSA) is 18.5 Å². The van der Waals surface area contributed by atoms with Crippen molar-refractivity contribution in [2.45, 2.75) is 103 Å². The molecular formula is C27H40F2O2. The highest BCUT2D eigenvalue weighted by molar-refractivity contribution is 5.44. The molecule has 2 fully saturated rings. The molecule has 1 aliphatic heterocycles. The fourth-order valence-corrected chi connectivity index (χ4v) is 6.30. The zero-order valence-electron chi connectivity index (χ0n) is 19.4. The Morgan fingerprint density at radius 1 is 0.839 bits per heavy atom. The van der Waals surface area contributed by atoms with Gasteiger partial charge in [0.15, 0.2) is 11.5 Å². The average Bonchev–Trinajstić information content (AvgIpc) is 2.82. The van der Waals surface area contributed by atoms with E-state index in [0.29, 0.717) is 12.5 Å². The van der Waals surface area contributed by atoms with Gasteiger partial charge in [-0.3, -0.25) is 0 Å². The second-order valence-corrected chi connectivity index (χ2v) is 10.3. The molecule has 0 spiro atoms. The second kappa shape index (κ2) is 10.5. The van der Waals surface area contributed by atoms with Gasteiger partial charge in [-0.1, -0.05) is 64.7 Å². The van der Waals surface area contributed by atoms with E-state index in [4.69, 9.17) is 9.47 Å². The summed E-state index contributed by atoms with van der Waals surface area (Å²) in [7, 11) is 0. The van der Waals surface area contributed by atoms with Gasteiger partial charge in [0.2, 0.25) is 11.6 Å². The smallest absolute Gasteiger partial charge is 0.204 e. The highest BCUT2D eigenvalue weighted by Crippen LogP contribution is 2.42. The second-order valence-electron chi connectivity index (χ2n) is 10.3. The molecular weight excluding hydrogens is 394 g/mol. The van der Waals surface area contributed by atoms with Crippen LogP contribution in [0.2, 0.25) is 0 Å². The molecule has 0 N–H and O–H groups in total. The number of hydrogen-bond acceptors (Lipinski definition) is 2. The van der Waals surface area contributed by atoms with E-state index in [0.717, 1.165) is 49.0 Å². The third-order valence-corrected chi connectivity index (χ3v) is 8.42. The van der Waals surface area contributed by atoms with E-state index in [2.05, 4.69) is 6.92 Å². The van der Waals surface area contributed by atoms with Gasteiger partial charge in [-0.05, 0) is 62.3 Å². The van der Waals surface area contributed by atoms with E-state index in [9.17, 15) is 8.78 Å². The van der Waals surface area contributed by atoms with E-state index >= 15 is 0 Å². The molecule has 4 rings (SSSR count). The van der Waals surface area contributed by atoms with Crippen molar-refractivity contribution >= 4 is 0 Å². The van der Waals surface area contributed by atoms with Crippen LogP contribution in [0.15, 0.2) is 6.07 Å². The normalized spacial score (nSPS) is 31.0. The molecule has 174 valence electrons. The van der Waals surface area contributed by atoms with Gasteiger partial charge < -0.3 is 9.47 Å². The largest absolute Gasteiger partial charge is 0.491 e. The van der Waals surface area contributed by atoms with Crippen molar-refractivity contribution in [3.63, 3.8) is 0 Å². The van der Waals surface area contributed by atoms with E-state index in [1.54, 1.807) is 13.0 Å². The molecule has 0 aromatic heterocycles. The minimum absolute atomic E-state index is 0.00416. The molecule has 2 aliphatic carbocycles. The summed E-state index contributed by atoms with van der Waals surface area (Å²) < 4.78 is 40.2. The zero-order chi connectivity index (χ0) is 21.8. The van der Waals surface area contributed by atoms with Gasteiger partial charge in [0.25, 0.3) is 0 Å². The number of aryl methyl sites for hydroxylation is 1. The molecule has 0 radical (unpaired) electrons. The lowest BCUT2D eigenvalue weighted by Crippen LogP contribution is -2.34. The van der Waals surface area contributed by atoms with Crippen molar-refractivity contribution < 1.29 is 18.3 Å².